The van der Waals surface area contributed by atoms with Gasteiger partial charge in [-0.2, -0.15) is 5.10 Å². The highest BCUT2D eigenvalue weighted by molar-refractivity contribution is 5.76. The van der Waals surface area contributed by atoms with Gasteiger partial charge >= 0.3 is 0 Å². The molecule has 0 aliphatic rings. The Bertz CT molecular complexity index is 1070. The second kappa shape index (κ2) is 6.39. The lowest BCUT2D eigenvalue weighted by molar-refractivity contribution is -0.116. The molecule has 3 aromatic rings. The summed E-state index contributed by atoms with van der Waals surface area (Å²) in [5, 5.41) is 14.1. The Labute approximate surface area is 140 Å². The van der Waals surface area contributed by atoms with Crippen molar-refractivity contribution in [2.45, 2.75) is 19.8 Å². The Morgan fingerprint density at radius 2 is 1.84 bits per heavy atom. The van der Waals surface area contributed by atoms with Gasteiger partial charge in [0.05, 0.1) is 5.69 Å². The highest BCUT2D eigenvalue weighted by atomic mass is 19.1. The zero-order chi connectivity index (χ0) is 18.1. The van der Waals surface area contributed by atoms with Crippen LogP contribution in [0.25, 0.3) is 22.7 Å². The number of carbonyl (C=O) groups is 1. The van der Waals surface area contributed by atoms with E-state index in [0.29, 0.717) is 0 Å². The minimum absolute atomic E-state index is 0.0129. The molecule has 0 aliphatic heterocycles. The van der Waals surface area contributed by atoms with Gasteiger partial charge in [-0.05, 0) is 19.1 Å². The predicted octanol–water partition coefficient (Wildman–Crippen LogP) is 1.79. The first kappa shape index (κ1) is 16.7. The third-order valence-electron chi connectivity index (χ3n) is 3.67. The van der Waals surface area contributed by atoms with Crippen LogP contribution in [0.3, 0.4) is 0 Å². The summed E-state index contributed by atoms with van der Waals surface area (Å²) in [6.45, 7) is 1.37. The normalized spacial score (nSPS) is 12.4. The van der Waals surface area contributed by atoms with Gasteiger partial charge in [-0.15, -0.1) is 0 Å². The molecule has 25 heavy (non-hydrogen) atoms. The van der Waals surface area contributed by atoms with Gasteiger partial charge in [0.25, 0.3) is 0 Å². The first-order valence-electron chi connectivity index (χ1n) is 7.41. The molecule has 6 nitrogen and oxygen atoms in total. The van der Waals surface area contributed by atoms with Crippen LogP contribution in [0, 0.1) is 11.6 Å². The number of rotatable bonds is 4. The third kappa shape index (κ3) is 3.23. The van der Waals surface area contributed by atoms with E-state index >= 15 is 0 Å². The van der Waals surface area contributed by atoms with E-state index in [4.69, 9.17) is 0 Å². The monoisotopic (exact) mass is 345 g/mol. The number of carbonyl (C=O) groups excluding carboxylic acids is 1. The van der Waals surface area contributed by atoms with Gasteiger partial charge in [0.2, 0.25) is 0 Å². The van der Waals surface area contributed by atoms with Crippen molar-refractivity contribution in [2.24, 2.45) is 0 Å². The summed E-state index contributed by atoms with van der Waals surface area (Å²) in [4.78, 5) is 27.5. The lowest BCUT2D eigenvalue weighted by Crippen LogP contribution is -2.30. The Hall–Kier alpha value is -3.16. The number of nitrogens with zero attached hydrogens (tertiary/aromatic N) is 3. The van der Waals surface area contributed by atoms with E-state index in [0.717, 1.165) is 30.6 Å². The average Bonchev–Trinajstić information content (AvgIpc) is 2.99. The van der Waals surface area contributed by atoms with Crippen LogP contribution in [0.15, 0.2) is 35.4 Å². The number of pyridine rings is 1. The third-order valence-corrected chi connectivity index (χ3v) is 3.67. The standard InChI is InChI=1S/C17H13F2N3O3/c1-9(23)2-3-14(24)16-15(25)7-13(22-17(16)20-8-21-22)10-4-11(18)6-12(19)5-10/h4-8,24H,2-3H2,1H3. The van der Waals surface area contributed by atoms with E-state index in [2.05, 4.69) is 10.1 Å². The van der Waals surface area contributed by atoms with Crippen LogP contribution in [0.2, 0.25) is 0 Å². The topological polar surface area (TPSA) is 84.6 Å². The Morgan fingerprint density at radius 1 is 1.16 bits per heavy atom. The van der Waals surface area contributed by atoms with Crippen LogP contribution >= 0.6 is 0 Å². The van der Waals surface area contributed by atoms with Gasteiger partial charge in [0, 0.05) is 30.5 Å². The van der Waals surface area contributed by atoms with Crippen molar-refractivity contribution < 1.29 is 18.7 Å². The summed E-state index contributed by atoms with van der Waals surface area (Å²) in [5.74, 6) is -2.01. The highest BCUT2D eigenvalue weighted by Crippen LogP contribution is 2.20. The van der Waals surface area contributed by atoms with E-state index in [1.165, 1.54) is 11.4 Å². The first-order valence-corrected chi connectivity index (χ1v) is 7.41. The zero-order valence-electron chi connectivity index (χ0n) is 13.2. The summed E-state index contributed by atoms with van der Waals surface area (Å²) in [7, 11) is 0. The number of fused-ring (bicyclic) bond motifs is 1. The fraction of sp³-hybridized carbons (Fsp3) is 0.176. The Kier molecular flexibility index (Phi) is 4.26. The number of ketones is 1. The smallest absolute Gasteiger partial charge is 0.195 e. The molecule has 8 heteroatoms. The van der Waals surface area contributed by atoms with E-state index in [-0.39, 0.29) is 46.5 Å². The van der Waals surface area contributed by atoms with Crippen molar-refractivity contribution in [3.63, 3.8) is 0 Å². The summed E-state index contributed by atoms with van der Waals surface area (Å²) < 4.78 is 28.2. The molecule has 0 bridgehead atoms. The predicted molar refractivity (Wildman–Crippen MR) is 85.8 cm³/mol. The van der Waals surface area contributed by atoms with E-state index in [1.807, 2.05) is 0 Å². The van der Waals surface area contributed by atoms with Crippen molar-refractivity contribution in [2.75, 3.05) is 0 Å². The molecular weight excluding hydrogens is 332 g/mol. The molecule has 1 N–H and O–H groups in total. The maximum atomic E-state index is 13.5. The number of benzene rings is 1. The minimum Gasteiger partial charge on any atom is -0.511 e. The second-order valence-electron chi connectivity index (χ2n) is 5.57. The van der Waals surface area contributed by atoms with Crippen molar-refractivity contribution >= 4 is 17.2 Å². The van der Waals surface area contributed by atoms with Gasteiger partial charge in [-0.25, -0.2) is 18.3 Å². The summed E-state index contributed by atoms with van der Waals surface area (Å²) in [6, 6.07) is 3.97. The Morgan fingerprint density at radius 3 is 2.48 bits per heavy atom. The van der Waals surface area contributed by atoms with Gasteiger partial charge in [0.1, 0.15) is 34.7 Å². The molecule has 0 spiro atoms. The molecule has 0 radical (unpaired) electrons. The molecule has 0 saturated heterocycles. The van der Waals surface area contributed by atoms with Crippen molar-refractivity contribution in [3.8, 4) is 11.3 Å². The molecule has 0 amide bonds. The molecule has 2 aromatic heterocycles. The molecule has 0 unspecified atom stereocenters. The summed E-state index contributed by atoms with van der Waals surface area (Å²) >= 11 is 0. The van der Waals surface area contributed by atoms with Gasteiger partial charge in [-0.3, -0.25) is 4.79 Å². The SMILES string of the molecule is CC(=O)CCC(O)=c1c(=O)cc(-c2cc(F)cc(F)c2)n2ncnc12. The average molecular weight is 345 g/mol. The number of halogens is 2. The zero-order valence-corrected chi connectivity index (χ0v) is 13.2. The summed E-state index contributed by atoms with van der Waals surface area (Å²) in [6.07, 6.45) is 1.22. The van der Waals surface area contributed by atoms with Crippen LogP contribution in [0.4, 0.5) is 8.78 Å². The second-order valence-corrected chi connectivity index (χ2v) is 5.57. The quantitative estimate of drug-likeness (QED) is 0.779. The summed E-state index contributed by atoms with van der Waals surface area (Å²) in [5.41, 5.74) is -0.284. The number of hydrogen-bond acceptors (Lipinski definition) is 5. The largest absolute Gasteiger partial charge is 0.511 e. The van der Waals surface area contributed by atoms with Gasteiger partial charge < -0.3 is 9.90 Å². The van der Waals surface area contributed by atoms with Crippen LogP contribution in [0.1, 0.15) is 19.8 Å². The molecule has 0 saturated carbocycles. The lowest BCUT2D eigenvalue weighted by Gasteiger charge is -2.06. The lowest BCUT2D eigenvalue weighted by atomic mass is 10.1. The van der Waals surface area contributed by atoms with Crippen molar-refractivity contribution in [3.05, 3.63) is 57.7 Å². The van der Waals surface area contributed by atoms with Gasteiger partial charge in [0.15, 0.2) is 11.1 Å². The van der Waals surface area contributed by atoms with Gasteiger partial charge in [-0.1, -0.05) is 0 Å². The maximum absolute atomic E-state index is 13.5. The van der Waals surface area contributed by atoms with Crippen LogP contribution in [-0.2, 0) is 4.79 Å². The number of aliphatic hydroxyl groups is 1. The molecule has 0 fully saturated rings. The number of hydrogen-bond donors (Lipinski definition) is 1. The van der Waals surface area contributed by atoms with E-state index in [9.17, 15) is 23.5 Å². The van der Waals surface area contributed by atoms with Crippen LogP contribution in [0.5, 0.6) is 0 Å². The number of aliphatic hydroxyl groups excluding tert-OH is 1. The number of Topliss-reactive ketones (excluding diaryl/α,β-unsaturated/α-hetero) is 1. The van der Waals surface area contributed by atoms with Crippen LogP contribution < -0.4 is 10.6 Å². The molecule has 128 valence electrons. The minimum atomic E-state index is -0.796. The molecule has 1 aromatic carbocycles. The number of aromatic nitrogens is 3. The molecular formula is C17H13F2N3O3. The van der Waals surface area contributed by atoms with Crippen molar-refractivity contribution in [1.29, 1.82) is 0 Å². The molecule has 0 aliphatic carbocycles. The van der Waals surface area contributed by atoms with E-state index in [1.54, 1.807) is 0 Å². The fourth-order valence-corrected chi connectivity index (χ4v) is 2.55. The maximum Gasteiger partial charge on any atom is 0.195 e. The Balaban J connectivity index is 2.28. The highest BCUT2D eigenvalue weighted by Gasteiger charge is 2.14. The molecule has 0 atom stereocenters. The molecule has 2 heterocycles. The fourth-order valence-electron chi connectivity index (χ4n) is 2.55. The molecule has 3 rings (SSSR count). The van der Waals surface area contributed by atoms with E-state index < -0.39 is 17.1 Å². The first-order chi connectivity index (χ1) is 11.9. The van der Waals surface area contributed by atoms with Crippen LogP contribution in [-0.4, -0.2) is 25.5 Å². The van der Waals surface area contributed by atoms with Crippen molar-refractivity contribution in [1.82, 2.24) is 14.6 Å².